The lowest BCUT2D eigenvalue weighted by Gasteiger charge is -2.23. The lowest BCUT2D eigenvalue weighted by atomic mass is 9.89. The van der Waals surface area contributed by atoms with Gasteiger partial charge in [-0.3, -0.25) is 0 Å². The van der Waals surface area contributed by atoms with Crippen molar-refractivity contribution in [2.45, 2.75) is 26.3 Å². The minimum Gasteiger partial charge on any atom is -0.501 e. The van der Waals surface area contributed by atoms with Crippen LogP contribution in [-0.4, -0.2) is 13.7 Å². The minimum absolute atomic E-state index is 0.104. The van der Waals surface area contributed by atoms with Crippen molar-refractivity contribution in [3.63, 3.8) is 0 Å². The van der Waals surface area contributed by atoms with Gasteiger partial charge in [0.05, 0.1) is 12.9 Å². The van der Waals surface area contributed by atoms with Gasteiger partial charge < -0.3 is 10.1 Å². The lowest BCUT2D eigenvalue weighted by Crippen LogP contribution is -2.21. The van der Waals surface area contributed by atoms with Gasteiger partial charge in [0.15, 0.2) is 0 Å². The maximum atomic E-state index is 13.6. The second kappa shape index (κ2) is 5.11. The summed E-state index contributed by atoms with van der Waals surface area (Å²) >= 11 is 0. The molecule has 1 heterocycles. The van der Waals surface area contributed by atoms with Gasteiger partial charge in [-0.1, -0.05) is 6.58 Å². The first-order valence-electron chi connectivity index (χ1n) is 6.27. The van der Waals surface area contributed by atoms with Crippen LogP contribution in [0.5, 0.6) is 0 Å². The molecule has 2 rings (SSSR count). The summed E-state index contributed by atoms with van der Waals surface area (Å²) in [5, 5.41) is 3.43. The van der Waals surface area contributed by atoms with E-state index in [1.54, 1.807) is 19.2 Å². The molecule has 1 aromatic carbocycles. The van der Waals surface area contributed by atoms with Crippen LogP contribution in [0.2, 0.25) is 0 Å². The average molecular weight is 249 g/mol. The van der Waals surface area contributed by atoms with E-state index in [-0.39, 0.29) is 17.8 Å². The maximum absolute atomic E-state index is 13.6. The molecule has 0 saturated carbocycles. The monoisotopic (exact) mass is 249 g/mol. The van der Waals surface area contributed by atoms with Crippen LogP contribution in [0.4, 0.5) is 4.39 Å². The Morgan fingerprint density at radius 2 is 2.17 bits per heavy atom. The van der Waals surface area contributed by atoms with Crippen LogP contribution in [0.1, 0.15) is 29.2 Å². The molecule has 18 heavy (non-hydrogen) atoms. The molecule has 1 aliphatic heterocycles. The number of halogens is 1. The summed E-state index contributed by atoms with van der Waals surface area (Å²) in [6, 6.07) is 3.31. The molecule has 0 radical (unpaired) electrons. The zero-order valence-corrected chi connectivity index (χ0v) is 11.2. The van der Waals surface area contributed by atoms with Crippen molar-refractivity contribution in [2.24, 2.45) is 5.92 Å². The van der Waals surface area contributed by atoms with E-state index < -0.39 is 0 Å². The molecule has 0 unspecified atom stereocenters. The Morgan fingerprint density at radius 1 is 1.44 bits per heavy atom. The summed E-state index contributed by atoms with van der Waals surface area (Å²) in [5.74, 6) is 0.810. The molecule has 0 spiro atoms. The highest BCUT2D eigenvalue weighted by Gasteiger charge is 2.32. The van der Waals surface area contributed by atoms with E-state index in [4.69, 9.17) is 4.74 Å². The predicted molar refractivity (Wildman–Crippen MR) is 70.9 cm³/mol. The molecular weight excluding hydrogens is 229 g/mol. The van der Waals surface area contributed by atoms with Crippen LogP contribution >= 0.6 is 0 Å². The number of rotatable bonds is 3. The number of aryl methyl sites for hydroxylation is 1. The van der Waals surface area contributed by atoms with E-state index >= 15 is 0 Å². The first kappa shape index (κ1) is 13.1. The summed E-state index contributed by atoms with van der Waals surface area (Å²) in [6.07, 6.45) is 0.979. The molecule has 98 valence electrons. The number of ether oxygens (including phenoxy) is 1. The smallest absolute Gasteiger partial charge is 0.123 e. The molecule has 0 aromatic heterocycles. The van der Waals surface area contributed by atoms with Gasteiger partial charge in [0.1, 0.15) is 5.82 Å². The van der Waals surface area contributed by atoms with Crippen molar-refractivity contribution >= 4 is 0 Å². The van der Waals surface area contributed by atoms with Crippen LogP contribution in [-0.2, 0) is 4.74 Å². The maximum Gasteiger partial charge on any atom is 0.123 e. The van der Waals surface area contributed by atoms with Crippen LogP contribution < -0.4 is 5.32 Å². The van der Waals surface area contributed by atoms with Gasteiger partial charge in [0.2, 0.25) is 0 Å². The molecule has 2 nitrogen and oxygen atoms in total. The van der Waals surface area contributed by atoms with Gasteiger partial charge in [-0.15, -0.1) is 0 Å². The summed E-state index contributed by atoms with van der Waals surface area (Å²) in [5.41, 5.74) is 3.15. The SMILES string of the molecule is C=C(OC)[C@@H]1CCN[C@@H]1c1cc(F)cc(C)c1C. The number of nitrogens with one attached hydrogen (secondary N) is 1. The fourth-order valence-corrected chi connectivity index (χ4v) is 2.69. The number of benzene rings is 1. The van der Waals surface area contributed by atoms with Gasteiger partial charge in [0.25, 0.3) is 0 Å². The highest BCUT2D eigenvalue weighted by atomic mass is 19.1. The van der Waals surface area contributed by atoms with Crippen molar-refractivity contribution in [1.29, 1.82) is 0 Å². The molecule has 1 N–H and O–H groups in total. The third-order valence-corrected chi connectivity index (χ3v) is 3.91. The van der Waals surface area contributed by atoms with E-state index in [1.165, 1.54) is 0 Å². The second-order valence-corrected chi connectivity index (χ2v) is 4.93. The summed E-state index contributed by atoms with van der Waals surface area (Å²) in [6.45, 7) is 8.84. The molecule has 1 aromatic rings. The predicted octanol–water partition coefficient (Wildman–Crippen LogP) is 3.25. The third kappa shape index (κ3) is 2.27. The second-order valence-electron chi connectivity index (χ2n) is 4.93. The summed E-state index contributed by atoms with van der Waals surface area (Å²) in [7, 11) is 1.64. The Labute approximate surface area is 108 Å². The molecule has 2 atom stereocenters. The van der Waals surface area contributed by atoms with Crippen molar-refractivity contribution < 1.29 is 9.13 Å². The fraction of sp³-hybridized carbons (Fsp3) is 0.467. The van der Waals surface area contributed by atoms with Crippen LogP contribution in [0.15, 0.2) is 24.5 Å². The third-order valence-electron chi connectivity index (χ3n) is 3.91. The molecule has 1 aliphatic rings. The van der Waals surface area contributed by atoms with E-state index in [2.05, 4.69) is 11.9 Å². The molecule has 0 aliphatic carbocycles. The zero-order valence-electron chi connectivity index (χ0n) is 11.2. The Hall–Kier alpha value is -1.35. The van der Waals surface area contributed by atoms with E-state index in [1.807, 2.05) is 13.8 Å². The quantitative estimate of drug-likeness (QED) is 0.830. The molecule has 0 amide bonds. The Kier molecular flexibility index (Phi) is 3.71. The van der Waals surface area contributed by atoms with Crippen molar-refractivity contribution in [2.75, 3.05) is 13.7 Å². The topological polar surface area (TPSA) is 21.3 Å². The zero-order chi connectivity index (χ0) is 13.3. The Morgan fingerprint density at radius 3 is 2.83 bits per heavy atom. The van der Waals surface area contributed by atoms with Gasteiger partial charge in [-0.25, -0.2) is 4.39 Å². The largest absolute Gasteiger partial charge is 0.501 e. The highest BCUT2D eigenvalue weighted by Crippen LogP contribution is 2.36. The Balaban J connectivity index is 2.39. The minimum atomic E-state index is -0.177. The summed E-state index contributed by atoms with van der Waals surface area (Å²) in [4.78, 5) is 0. The number of hydrogen-bond acceptors (Lipinski definition) is 2. The standard InChI is InChI=1S/C15H20FNO/c1-9-7-12(16)8-14(10(9)2)15-13(5-6-17-15)11(3)18-4/h7-8,13,15,17H,3,5-6H2,1-2,4H3/t13-,15-/m0/s1. The van der Waals surface area contributed by atoms with E-state index in [0.717, 1.165) is 35.4 Å². The molecule has 1 fully saturated rings. The highest BCUT2D eigenvalue weighted by molar-refractivity contribution is 5.37. The van der Waals surface area contributed by atoms with Gasteiger partial charge in [-0.2, -0.15) is 0 Å². The fourth-order valence-electron chi connectivity index (χ4n) is 2.69. The van der Waals surface area contributed by atoms with Gasteiger partial charge in [-0.05, 0) is 55.6 Å². The van der Waals surface area contributed by atoms with Crippen LogP contribution in [0.3, 0.4) is 0 Å². The van der Waals surface area contributed by atoms with Gasteiger partial charge >= 0.3 is 0 Å². The summed E-state index contributed by atoms with van der Waals surface area (Å²) < 4.78 is 18.8. The van der Waals surface area contributed by atoms with Crippen molar-refractivity contribution in [1.82, 2.24) is 5.32 Å². The van der Waals surface area contributed by atoms with Crippen LogP contribution in [0.25, 0.3) is 0 Å². The average Bonchev–Trinajstić information content (AvgIpc) is 2.81. The van der Waals surface area contributed by atoms with E-state index in [9.17, 15) is 4.39 Å². The van der Waals surface area contributed by atoms with Crippen molar-refractivity contribution in [3.05, 3.63) is 47.0 Å². The number of hydrogen-bond donors (Lipinski definition) is 1. The number of methoxy groups -OCH3 is 1. The first-order chi connectivity index (χ1) is 8.54. The van der Waals surface area contributed by atoms with Crippen LogP contribution in [0, 0.1) is 25.6 Å². The molecule has 1 saturated heterocycles. The van der Waals surface area contributed by atoms with Crippen molar-refractivity contribution in [3.8, 4) is 0 Å². The Bertz CT molecular complexity index is 470. The van der Waals surface area contributed by atoms with E-state index in [0.29, 0.717) is 0 Å². The molecule has 0 bridgehead atoms. The van der Waals surface area contributed by atoms with Gasteiger partial charge in [0, 0.05) is 12.0 Å². The lowest BCUT2D eigenvalue weighted by molar-refractivity contribution is 0.234. The normalized spacial score (nSPS) is 23.1. The molecule has 3 heteroatoms. The molecular formula is C15H20FNO. The first-order valence-corrected chi connectivity index (χ1v) is 6.27.